The maximum absolute atomic E-state index is 13.0. The van der Waals surface area contributed by atoms with Gasteiger partial charge in [-0.3, -0.25) is 0 Å². The predicted octanol–water partition coefficient (Wildman–Crippen LogP) is 5.10. The van der Waals surface area contributed by atoms with Gasteiger partial charge in [0.1, 0.15) is 16.5 Å². The van der Waals surface area contributed by atoms with E-state index in [9.17, 15) is 4.79 Å². The van der Waals surface area contributed by atoms with Crippen molar-refractivity contribution in [1.29, 1.82) is 0 Å². The Bertz CT molecular complexity index is 1140. The van der Waals surface area contributed by atoms with E-state index in [4.69, 9.17) is 9.97 Å². The van der Waals surface area contributed by atoms with Gasteiger partial charge in [0.05, 0.1) is 5.39 Å². The number of thiophene rings is 1. The number of benzene rings is 1. The molecule has 1 N–H and O–H groups in total. The Morgan fingerprint density at radius 2 is 1.78 bits per heavy atom. The second-order valence-corrected chi connectivity index (χ2v) is 9.96. The highest BCUT2D eigenvalue weighted by Gasteiger charge is 2.27. The number of amides is 2. The van der Waals surface area contributed by atoms with Crippen molar-refractivity contribution in [2.24, 2.45) is 0 Å². The fourth-order valence-corrected chi connectivity index (χ4v) is 6.16. The number of para-hydroxylation sites is 1. The normalized spacial score (nSPS) is 16.3. The minimum atomic E-state index is -0.0166. The van der Waals surface area contributed by atoms with Crippen LogP contribution in [0.2, 0.25) is 0 Å². The quantitative estimate of drug-likeness (QED) is 0.604. The predicted molar refractivity (Wildman–Crippen MR) is 132 cm³/mol. The van der Waals surface area contributed by atoms with Crippen LogP contribution in [0, 0.1) is 13.8 Å². The highest BCUT2D eigenvalue weighted by atomic mass is 32.1. The molecule has 1 aliphatic carbocycles. The number of fused-ring (bicyclic) bond motifs is 3. The average Bonchev–Trinajstić information content (AvgIpc) is 3.19. The van der Waals surface area contributed by atoms with Gasteiger partial charge in [0.2, 0.25) is 0 Å². The Hall–Kier alpha value is -2.67. The molecule has 7 heteroatoms. The molecule has 1 aliphatic heterocycles. The SMILES string of the molecule is CCc1nc(N2CCN(C(=O)Nc3c(C)cccc3C)CC2)c2c3c(sc2n1)CCCC3. The Morgan fingerprint density at radius 3 is 2.50 bits per heavy atom. The maximum Gasteiger partial charge on any atom is 0.321 e. The van der Waals surface area contributed by atoms with Crippen LogP contribution in [0.5, 0.6) is 0 Å². The Kier molecular flexibility index (Phi) is 5.76. The van der Waals surface area contributed by atoms with Crippen molar-refractivity contribution in [1.82, 2.24) is 14.9 Å². The van der Waals surface area contributed by atoms with E-state index in [2.05, 4.69) is 17.1 Å². The second-order valence-electron chi connectivity index (χ2n) is 8.88. The van der Waals surface area contributed by atoms with Gasteiger partial charge in [-0.15, -0.1) is 11.3 Å². The lowest BCUT2D eigenvalue weighted by Gasteiger charge is -2.36. The van der Waals surface area contributed by atoms with Gasteiger partial charge in [0.25, 0.3) is 0 Å². The molecule has 32 heavy (non-hydrogen) atoms. The molecule has 0 bridgehead atoms. The van der Waals surface area contributed by atoms with Gasteiger partial charge >= 0.3 is 6.03 Å². The topological polar surface area (TPSA) is 61.4 Å². The summed E-state index contributed by atoms with van der Waals surface area (Å²) >= 11 is 1.86. The van der Waals surface area contributed by atoms with Gasteiger partial charge in [-0.2, -0.15) is 0 Å². The van der Waals surface area contributed by atoms with E-state index >= 15 is 0 Å². The smallest absolute Gasteiger partial charge is 0.321 e. The van der Waals surface area contributed by atoms with Crippen LogP contribution in [0.15, 0.2) is 18.2 Å². The number of aromatic nitrogens is 2. The van der Waals surface area contributed by atoms with Gasteiger partial charge < -0.3 is 15.1 Å². The summed E-state index contributed by atoms with van der Waals surface area (Å²) in [5.41, 5.74) is 4.59. The lowest BCUT2D eigenvalue weighted by atomic mass is 9.97. The summed E-state index contributed by atoms with van der Waals surface area (Å²) < 4.78 is 0. The van der Waals surface area contributed by atoms with E-state index in [1.165, 1.54) is 35.1 Å². The summed E-state index contributed by atoms with van der Waals surface area (Å²) in [6, 6.07) is 6.08. The first-order valence-electron chi connectivity index (χ1n) is 11.7. The summed E-state index contributed by atoms with van der Waals surface area (Å²) in [6.45, 7) is 9.15. The second kappa shape index (κ2) is 8.70. The highest BCUT2D eigenvalue weighted by Crippen LogP contribution is 2.40. The Labute approximate surface area is 193 Å². The van der Waals surface area contributed by atoms with Crippen molar-refractivity contribution < 1.29 is 4.79 Å². The van der Waals surface area contributed by atoms with Crippen molar-refractivity contribution in [3.8, 4) is 0 Å². The van der Waals surface area contributed by atoms with E-state index in [1.54, 1.807) is 0 Å². The van der Waals surface area contributed by atoms with Gasteiger partial charge in [-0.05, 0) is 56.2 Å². The Balaban J connectivity index is 1.36. The number of nitrogens with one attached hydrogen (secondary N) is 1. The summed E-state index contributed by atoms with van der Waals surface area (Å²) in [6.07, 6.45) is 5.67. The Morgan fingerprint density at radius 1 is 1.06 bits per heavy atom. The van der Waals surface area contributed by atoms with Crippen molar-refractivity contribution in [3.05, 3.63) is 45.6 Å². The fourth-order valence-electron chi connectivity index (χ4n) is 4.89. The standard InChI is InChI=1S/C25H31N5OS/c1-4-20-26-23(21-18-10-5-6-11-19(18)32-24(21)27-20)29-12-14-30(15-13-29)25(31)28-22-16(2)8-7-9-17(22)3/h7-9H,4-6,10-15H2,1-3H3,(H,28,31). The number of rotatable bonds is 3. The molecule has 0 spiro atoms. The zero-order valence-corrected chi connectivity index (χ0v) is 20.0. The summed E-state index contributed by atoms with van der Waals surface area (Å²) in [5, 5.41) is 4.41. The number of hydrogen-bond donors (Lipinski definition) is 1. The van der Waals surface area contributed by atoms with Crippen LogP contribution < -0.4 is 10.2 Å². The summed E-state index contributed by atoms with van der Waals surface area (Å²) in [4.78, 5) is 29.7. The van der Waals surface area contributed by atoms with Crippen LogP contribution in [0.3, 0.4) is 0 Å². The molecule has 3 heterocycles. The molecule has 2 aromatic heterocycles. The highest BCUT2D eigenvalue weighted by molar-refractivity contribution is 7.19. The van der Waals surface area contributed by atoms with Crippen LogP contribution in [-0.4, -0.2) is 47.1 Å². The van der Waals surface area contributed by atoms with E-state index in [1.807, 2.05) is 48.3 Å². The lowest BCUT2D eigenvalue weighted by molar-refractivity contribution is 0.208. The zero-order chi connectivity index (χ0) is 22.2. The largest absolute Gasteiger partial charge is 0.352 e. The maximum atomic E-state index is 13.0. The van der Waals surface area contributed by atoms with Crippen molar-refractivity contribution in [3.63, 3.8) is 0 Å². The molecule has 6 nitrogen and oxygen atoms in total. The third kappa shape index (κ3) is 3.83. The molecule has 5 rings (SSSR count). The molecule has 0 unspecified atom stereocenters. The first-order valence-corrected chi connectivity index (χ1v) is 12.5. The minimum Gasteiger partial charge on any atom is -0.352 e. The number of aryl methyl sites for hydroxylation is 5. The van der Waals surface area contributed by atoms with Crippen molar-refractivity contribution in [2.75, 3.05) is 36.4 Å². The van der Waals surface area contributed by atoms with Crippen LogP contribution in [0.25, 0.3) is 10.2 Å². The third-order valence-electron chi connectivity index (χ3n) is 6.74. The molecule has 3 aromatic rings. The van der Waals surface area contributed by atoms with Gasteiger partial charge in [0.15, 0.2) is 0 Å². The number of piperazine rings is 1. The number of anilines is 2. The molecular weight excluding hydrogens is 418 g/mol. The molecule has 1 fully saturated rings. The molecule has 1 aromatic carbocycles. The molecule has 0 atom stereocenters. The van der Waals surface area contributed by atoms with Crippen LogP contribution >= 0.6 is 11.3 Å². The number of hydrogen-bond acceptors (Lipinski definition) is 5. The van der Waals surface area contributed by atoms with Crippen molar-refractivity contribution in [2.45, 2.75) is 52.9 Å². The first kappa shape index (κ1) is 21.2. The molecular formula is C25H31N5OS. The van der Waals surface area contributed by atoms with Crippen molar-refractivity contribution >= 4 is 39.1 Å². The number of urea groups is 1. The van der Waals surface area contributed by atoms with Crippen LogP contribution in [0.1, 0.15) is 47.2 Å². The van der Waals surface area contributed by atoms with Crippen LogP contribution in [-0.2, 0) is 19.3 Å². The monoisotopic (exact) mass is 449 g/mol. The van der Waals surface area contributed by atoms with E-state index in [0.717, 1.165) is 59.2 Å². The zero-order valence-electron chi connectivity index (χ0n) is 19.2. The van der Waals surface area contributed by atoms with Gasteiger partial charge in [0, 0.05) is 43.2 Å². The molecule has 2 amide bonds. The molecule has 0 radical (unpaired) electrons. The fraction of sp³-hybridized carbons (Fsp3) is 0.480. The minimum absolute atomic E-state index is 0.0166. The molecule has 168 valence electrons. The average molecular weight is 450 g/mol. The molecule has 2 aliphatic rings. The number of carbonyl (C=O) groups excluding carboxylic acids is 1. The number of carbonyl (C=O) groups is 1. The van der Waals surface area contributed by atoms with E-state index < -0.39 is 0 Å². The van der Waals surface area contributed by atoms with E-state index in [0.29, 0.717) is 13.1 Å². The van der Waals surface area contributed by atoms with E-state index in [-0.39, 0.29) is 6.03 Å². The third-order valence-corrected chi connectivity index (χ3v) is 7.92. The van der Waals surface area contributed by atoms with Gasteiger partial charge in [-0.25, -0.2) is 14.8 Å². The lowest BCUT2D eigenvalue weighted by Crippen LogP contribution is -2.50. The summed E-state index contributed by atoms with van der Waals surface area (Å²) in [7, 11) is 0. The van der Waals surface area contributed by atoms with Crippen LogP contribution in [0.4, 0.5) is 16.3 Å². The molecule has 1 saturated heterocycles. The van der Waals surface area contributed by atoms with Gasteiger partial charge in [-0.1, -0.05) is 25.1 Å². The number of nitrogens with zero attached hydrogens (tertiary/aromatic N) is 4. The molecule has 0 saturated carbocycles. The summed E-state index contributed by atoms with van der Waals surface area (Å²) in [5.74, 6) is 2.00. The first-order chi connectivity index (χ1) is 15.5.